The third-order valence-corrected chi connectivity index (χ3v) is 3.72. The largest absolute Gasteiger partial charge is 0.220 e. The van der Waals surface area contributed by atoms with Crippen molar-refractivity contribution in [2.75, 3.05) is 0 Å². The van der Waals surface area contributed by atoms with Crippen LogP contribution in [0.1, 0.15) is 0 Å². The number of rotatable bonds is 4. The van der Waals surface area contributed by atoms with Gasteiger partial charge in [-0.2, -0.15) is 0 Å². The van der Waals surface area contributed by atoms with E-state index < -0.39 is 9.84 Å². The molecule has 0 saturated heterocycles. The molecule has 0 aromatic heterocycles. The van der Waals surface area contributed by atoms with Crippen LogP contribution in [0.2, 0.25) is 5.02 Å². The van der Waals surface area contributed by atoms with Gasteiger partial charge < -0.3 is 0 Å². The molecule has 0 unspecified atom stereocenters. The molecule has 0 aliphatic carbocycles. The van der Waals surface area contributed by atoms with Gasteiger partial charge in [-0.1, -0.05) is 29.9 Å². The van der Waals surface area contributed by atoms with Crippen molar-refractivity contribution in [3.8, 4) is 0 Å². The first kappa shape index (κ1) is 12.4. The summed E-state index contributed by atoms with van der Waals surface area (Å²) in [4.78, 5) is 0.926. The highest BCUT2D eigenvalue weighted by Crippen LogP contribution is 2.21. The molecule has 2 nitrogen and oxygen atoms in total. The van der Waals surface area contributed by atoms with Gasteiger partial charge in [-0.05, 0) is 29.7 Å². The molecule has 1 aromatic carbocycles. The Bertz CT molecular complexity index is 461. The van der Waals surface area contributed by atoms with E-state index in [9.17, 15) is 8.42 Å². The molecule has 80 valence electrons. The highest BCUT2D eigenvalue weighted by atomic mass is 35.5. The number of hydrogen-bond acceptors (Lipinski definition) is 3. The maximum absolute atomic E-state index is 11.0. The van der Waals surface area contributed by atoms with Crippen molar-refractivity contribution in [3.63, 3.8) is 0 Å². The molecule has 0 amide bonds. The van der Waals surface area contributed by atoms with Gasteiger partial charge in [0, 0.05) is 20.7 Å². The van der Waals surface area contributed by atoms with Crippen molar-refractivity contribution >= 4 is 33.2 Å². The van der Waals surface area contributed by atoms with Gasteiger partial charge in [0.05, 0.1) is 0 Å². The summed E-state index contributed by atoms with van der Waals surface area (Å²) in [7, 11) is -3.26. The molecule has 0 atom stereocenters. The first-order chi connectivity index (χ1) is 7.03. The van der Waals surface area contributed by atoms with Gasteiger partial charge in [0.15, 0.2) is 9.84 Å². The normalized spacial score (nSPS) is 11.8. The summed E-state index contributed by atoms with van der Waals surface area (Å²) in [6.07, 6.45) is 0. The molecule has 0 radical (unpaired) electrons. The van der Waals surface area contributed by atoms with Gasteiger partial charge in [0.2, 0.25) is 0 Å². The highest BCUT2D eigenvalue weighted by Gasteiger charge is 1.96. The summed E-state index contributed by atoms with van der Waals surface area (Å²) < 4.78 is 22.0. The predicted octanol–water partition coefficient (Wildman–Crippen LogP) is 3.46. The minimum absolute atomic E-state index is 0.655. The summed E-state index contributed by atoms with van der Waals surface area (Å²) >= 11 is 7.01. The Labute approximate surface area is 98.6 Å². The molecule has 0 saturated carbocycles. The Hall–Kier alpha value is -0.710. The molecule has 0 spiro atoms. The summed E-state index contributed by atoms with van der Waals surface area (Å²) in [5.74, 6) is 0. The smallest absolute Gasteiger partial charge is 0.192 e. The van der Waals surface area contributed by atoms with E-state index >= 15 is 0 Å². The molecule has 15 heavy (non-hydrogen) atoms. The fourth-order valence-electron chi connectivity index (χ4n) is 0.753. The third kappa shape index (κ3) is 4.55. The lowest BCUT2D eigenvalue weighted by atomic mass is 10.4. The molecule has 0 fully saturated rings. The van der Waals surface area contributed by atoms with E-state index in [4.69, 9.17) is 11.6 Å². The molecule has 0 N–H and O–H groups in total. The van der Waals surface area contributed by atoms with Crippen LogP contribution in [0, 0.1) is 0 Å². The fraction of sp³-hybridized carbons (Fsp3) is 0. The molecular formula is C10H9ClO2S2. The molecule has 0 heterocycles. The minimum Gasteiger partial charge on any atom is -0.220 e. The topological polar surface area (TPSA) is 34.1 Å². The number of hydrogen-bond donors (Lipinski definition) is 0. The van der Waals surface area contributed by atoms with Gasteiger partial charge in [-0.15, -0.1) is 0 Å². The quantitative estimate of drug-likeness (QED) is 0.778. The van der Waals surface area contributed by atoms with E-state index in [-0.39, 0.29) is 0 Å². The van der Waals surface area contributed by atoms with Gasteiger partial charge in [-0.25, -0.2) is 8.42 Å². The zero-order chi connectivity index (χ0) is 11.3. The van der Waals surface area contributed by atoms with Crippen molar-refractivity contribution in [1.82, 2.24) is 0 Å². The SMILES string of the molecule is C=CS(=O)(=O)C=CSc1ccc(Cl)cc1. The average molecular weight is 261 g/mol. The van der Waals surface area contributed by atoms with Gasteiger partial charge >= 0.3 is 0 Å². The minimum atomic E-state index is -3.26. The molecular weight excluding hydrogens is 252 g/mol. The van der Waals surface area contributed by atoms with E-state index in [2.05, 4.69) is 6.58 Å². The van der Waals surface area contributed by atoms with Gasteiger partial charge in [0.1, 0.15) is 0 Å². The Morgan fingerprint density at radius 3 is 2.40 bits per heavy atom. The first-order valence-electron chi connectivity index (χ1n) is 4.00. The van der Waals surface area contributed by atoms with Crippen LogP contribution in [-0.4, -0.2) is 8.42 Å². The summed E-state index contributed by atoms with van der Waals surface area (Å²) in [5, 5.41) is 4.17. The van der Waals surface area contributed by atoms with Crippen molar-refractivity contribution in [2.45, 2.75) is 4.90 Å². The van der Waals surface area contributed by atoms with E-state index in [1.807, 2.05) is 12.1 Å². The monoisotopic (exact) mass is 260 g/mol. The van der Waals surface area contributed by atoms with Crippen LogP contribution in [0.25, 0.3) is 0 Å². The third-order valence-electron chi connectivity index (χ3n) is 1.50. The second-order valence-electron chi connectivity index (χ2n) is 2.60. The molecule has 0 aliphatic heterocycles. The molecule has 0 bridgehead atoms. The predicted molar refractivity (Wildman–Crippen MR) is 65.6 cm³/mol. The van der Waals surface area contributed by atoms with Crippen LogP contribution in [0.5, 0.6) is 0 Å². The van der Waals surface area contributed by atoms with Crippen LogP contribution >= 0.6 is 23.4 Å². The summed E-state index contributed by atoms with van der Waals surface area (Å²) in [6.45, 7) is 3.20. The number of sulfone groups is 1. The van der Waals surface area contributed by atoms with Crippen molar-refractivity contribution in [1.29, 1.82) is 0 Å². The molecule has 0 aliphatic rings. The zero-order valence-electron chi connectivity index (χ0n) is 7.76. The van der Waals surface area contributed by atoms with Gasteiger partial charge in [0.25, 0.3) is 0 Å². The standard InChI is InChI=1S/C10H9ClO2S2/c1-2-15(12,13)8-7-14-10-5-3-9(11)4-6-10/h2-8H,1H2. The average Bonchev–Trinajstić information content (AvgIpc) is 2.21. The highest BCUT2D eigenvalue weighted by molar-refractivity contribution is 8.03. The van der Waals surface area contributed by atoms with Crippen LogP contribution < -0.4 is 0 Å². The number of halogens is 1. The Kier molecular flexibility index (Phi) is 4.45. The Morgan fingerprint density at radius 2 is 1.87 bits per heavy atom. The zero-order valence-corrected chi connectivity index (χ0v) is 10.1. The summed E-state index contributed by atoms with van der Waals surface area (Å²) in [5.41, 5.74) is 0. The Balaban J connectivity index is 2.65. The van der Waals surface area contributed by atoms with Crippen molar-refractivity contribution in [3.05, 3.63) is 52.1 Å². The van der Waals surface area contributed by atoms with E-state index in [1.165, 1.54) is 17.2 Å². The molecule has 1 aromatic rings. The van der Waals surface area contributed by atoms with Crippen molar-refractivity contribution in [2.24, 2.45) is 0 Å². The van der Waals surface area contributed by atoms with Gasteiger partial charge in [-0.3, -0.25) is 0 Å². The van der Waals surface area contributed by atoms with E-state index in [0.717, 1.165) is 15.7 Å². The van der Waals surface area contributed by atoms with Crippen LogP contribution in [0.4, 0.5) is 0 Å². The van der Waals surface area contributed by atoms with Crippen molar-refractivity contribution < 1.29 is 8.42 Å². The maximum atomic E-state index is 11.0. The van der Waals surface area contributed by atoms with E-state index in [0.29, 0.717) is 5.02 Å². The molecule has 1 rings (SSSR count). The summed E-state index contributed by atoms with van der Waals surface area (Å²) in [6, 6.07) is 7.13. The Morgan fingerprint density at radius 1 is 1.27 bits per heavy atom. The lowest BCUT2D eigenvalue weighted by Crippen LogP contribution is -1.84. The van der Waals surface area contributed by atoms with E-state index in [1.54, 1.807) is 12.1 Å². The number of thioether (sulfide) groups is 1. The second kappa shape index (κ2) is 5.39. The number of benzene rings is 1. The van der Waals surface area contributed by atoms with Crippen LogP contribution in [-0.2, 0) is 9.84 Å². The molecule has 5 heteroatoms. The maximum Gasteiger partial charge on any atom is 0.192 e. The van der Waals surface area contributed by atoms with Crippen LogP contribution in [0.15, 0.2) is 52.0 Å². The second-order valence-corrected chi connectivity index (χ2v) is 5.80. The van der Waals surface area contributed by atoms with Crippen LogP contribution in [0.3, 0.4) is 0 Å². The lowest BCUT2D eigenvalue weighted by molar-refractivity contribution is 0.613. The first-order valence-corrected chi connectivity index (χ1v) is 6.86. The lowest BCUT2D eigenvalue weighted by Gasteiger charge is -1.95. The fourth-order valence-corrected chi connectivity index (χ4v) is 2.28.